The summed E-state index contributed by atoms with van der Waals surface area (Å²) in [5.74, 6) is 1.44. The van der Waals surface area contributed by atoms with Gasteiger partial charge in [0.15, 0.2) is 0 Å². The van der Waals surface area contributed by atoms with Gasteiger partial charge >= 0.3 is 0 Å². The van der Waals surface area contributed by atoms with Gasteiger partial charge in [0.05, 0.1) is 5.56 Å². The molecule has 0 radical (unpaired) electrons. The molecule has 0 unspecified atom stereocenters. The molecule has 1 saturated heterocycles. The average Bonchev–Trinajstić information content (AvgIpc) is 3.16. The molecule has 2 aromatic heterocycles. The summed E-state index contributed by atoms with van der Waals surface area (Å²) in [4.78, 5) is 32.3. The van der Waals surface area contributed by atoms with Crippen molar-refractivity contribution in [3.63, 3.8) is 0 Å². The van der Waals surface area contributed by atoms with E-state index in [1.807, 2.05) is 49.5 Å². The third-order valence-corrected chi connectivity index (χ3v) is 6.53. The normalized spacial score (nSPS) is 18.2. The van der Waals surface area contributed by atoms with E-state index < -0.39 is 6.04 Å². The summed E-state index contributed by atoms with van der Waals surface area (Å²) in [6.07, 6.45) is 7.98. The molecule has 3 heterocycles. The monoisotopic (exact) mass is 429 g/mol. The Labute approximate surface area is 187 Å². The quantitative estimate of drug-likeness (QED) is 0.686. The van der Waals surface area contributed by atoms with Crippen LogP contribution in [0.15, 0.2) is 53.2 Å². The average molecular weight is 430 g/mol. The summed E-state index contributed by atoms with van der Waals surface area (Å²) < 4.78 is 5.93. The van der Waals surface area contributed by atoms with Crippen molar-refractivity contribution >= 4 is 11.8 Å². The number of nitrogens with one attached hydrogen (secondary N) is 1. The fourth-order valence-electron chi connectivity index (χ4n) is 4.88. The Morgan fingerprint density at radius 2 is 1.97 bits per heavy atom. The van der Waals surface area contributed by atoms with E-state index in [1.165, 1.54) is 0 Å². The highest BCUT2D eigenvalue weighted by atomic mass is 16.3. The highest BCUT2D eigenvalue weighted by Crippen LogP contribution is 2.31. The maximum atomic E-state index is 13.6. The maximum absolute atomic E-state index is 13.6. The molecule has 1 N–H and O–H groups in total. The lowest BCUT2D eigenvalue weighted by molar-refractivity contribution is -0.127. The first-order valence-corrected chi connectivity index (χ1v) is 11.3. The number of hydrogen-bond acceptors (Lipinski definition) is 4. The van der Waals surface area contributed by atoms with Crippen molar-refractivity contribution in [2.24, 2.45) is 0 Å². The van der Waals surface area contributed by atoms with Crippen molar-refractivity contribution in [2.75, 3.05) is 13.1 Å². The first-order valence-electron chi connectivity index (χ1n) is 11.3. The van der Waals surface area contributed by atoms with Gasteiger partial charge in [0.1, 0.15) is 17.6 Å². The van der Waals surface area contributed by atoms with Gasteiger partial charge in [0, 0.05) is 43.9 Å². The molecule has 1 atom stereocenters. The van der Waals surface area contributed by atoms with Crippen LogP contribution in [0, 0.1) is 6.92 Å². The summed E-state index contributed by atoms with van der Waals surface area (Å²) in [5.41, 5.74) is 4.86. The number of piperazine rings is 1. The zero-order valence-electron chi connectivity index (χ0n) is 18.3. The van der Waals surface area contributed by atoms with Gasteiger partial charge in [-0.3, -0.25) is 14.6 Å². The summed E-state index contributed by atoms with van der Waals surface area (Å²) in [5, 5.41) is 2.93. The van der Waals surface area contributed by atoms with Gasteiger partial charge in [-0.2, -0.15) is 0 Å². The molecule has 0 spiro atoms. The smallest absolute Gasteiger partial charge is 0.258 e. The maximum Gasteiger partial charge on any atom is 0.258 e. The number of hydrogen-bond donors (Lipinski definition) is 1. The largest absolute Gasteiger partial charge is 0.465 e. The number of furan rings is 1. The molecule has 6 heteroatoms. The van der Waals surface area contributed by atoms with E-state index in [1.54, 1.807) is 11.1 Å². The zero-order chi connectivity index (χ0) is 22.1. The lowest BCUT2D eigenvalue weighted by Crippen LogP contribution is -2.58. The van der Waals surface area contributed by atoms with Gasteiger partial charge in [-0.05, 0) is 48.9 Å². The number of aryl methyl sites for hydroxylation is 2. The molecule has 3 aromatic rings. The van der Waals surface area contributed by atoms with E-state index >= 15 is 0 Å². The lowest BCUT2D eigenvalue weighted by atomic mass is 9.93. The van der Waals surface area contributed by atoms with E-state index in [-0.39, 0.29) is 11.8 Å². The first-order chi connectivity index (χ1) is 15.6. The Bertz CT molecular complexity index is 1140. The Hall–Kier alpha value is -3.41. The molecule has 2 amide bonds. The zero-order valence-corrected chi connectivity index (χ0v) is 18.3. The van der Waals surface area contributed by atoms with Gasteiger partial charge < -0.3 is 14.6 Å². The predicted molar refractivity (Wildman–Crippen MR) is 121 cm³/mol. The number of rotatable bonds is 4. The Balaban J connectivity index is 1.39. The molecular formula is C26H27N3O3. The molecule has 1 aliphatic carbocycles. The molecule has 0 bridgehead atoms. The molecule has 6 nitrogen and oxygen atoms in total. The summed E-state index contributed by atoms with van der Waals surface area (Å²) >= 11 is 0. The van der Waals surface area contributed by atoms with Crippen LogP contribution in [0.25, 0.3) is 11.1 Å². The fraction of sp³-hybridized carbons (Fsp3) is 0.346. The SMILES string of the molecule is Cc1oc2c(c1C(=O)N1CCNC(=O)[C@@H]1Cc1ccc(-c3cccnc3)cc1)CCCC2. The molecule has 1 fully saturated rings. The molecule has 164 valence electrons. The number of nitrogens with zero attached hydrogens (tertiary/aromatic N) is 2. The molecule has 2 aliphatic rings. The van der Waals surface area contributed by atoms with Crippen molar-refractivity contribution in [2.45, 2.75) is 45.1 Å². The number of fused-ring (bicyclic) bond motifs is 1. The lowest BCUT2D eigenvalue weighted by Gasteiger charge is -2.35. The Kier molecular flexibility index (Phi) is 5.52. The van der Waals surface area contributed by atoms with Crippen LogP contribution in [0.3, 0.4) is 0 Å². The number of amides is 2. The summed E-state index contributed by atoms with van der Waals surface area (Å²) in [6.45, 7) is 2.84. The summed E-state index contributed by atoms with van der Waals surface area (Å²) in [7, 11) is 0. The minimum Gasteiger partial charge on any atom is -0.465 e. The minimum absolute atomic E-state index is 0.0822. The van der Waals surface area contributed by atoms with Crippen molar-refractivity contribution < 1.29 is 14.0 Å². The number of aromatic nitrogens is 1. The molecule has 5 rings (SSSR count). The van der Waals surface area contributed by atoms with Crippen LogP contribution in [0.4, 0.5) is 0 Å². The first kappa shape index (κ1) is 20.5. The second-order valence-electron chi connectivity index (χ2n) is 8.59. The second kappa shape index (κ2) is 8.61. The second-order valence-corrected chi connectivity index (χ2v) is 8.59. The van der Waals surface area contributed by atoms with Crippen LogP contribution >= 0.6 is 0 Å². The van der Waals surface area contributed by atoms with Crippen LogP contribution in [0.1, 0.15) is 45.8 Å². The number of carbonyl (C=O) groups is 2. The minimum atomic E-state index is -0.533. The van der Waals surface area contributed by atoms with Crippen molar-refractivity contribution in [1.82, 2.24) is 15.2 Å². The van der Waals surface area contributed by atoms with Crippen LogP contribution in [0.5, 0.6) is 0 Å². The van der Waals surface area contributed by atoms with Crippen LogP contribution in [-0.2, 0) is 24.1 Å². The van der Waals surface area contributed by atoms with Crippen LogP contribution < -0.4 is 5.32 Å². The summed E-state index contributed by atoms with van der Waals surface area (Å²) in [6, 6.07) is 11.5. The molecular weight excluding hydrogens is 402 g/mol. The van der Waals surface area contributed by atoms with E-state index in [9.17, 15) is 9.59 Å². The standard InChI is InChI=1S/C26H27N3O3/c1-17-24(21-6-2-3-7-23(21)32-17)26(31)29-14-13-28-25(30)22(29)15-18-8-10-19(11-9-18)20-5-4-12-27-16-20/h4-5,8-12,16,22H,2-3,6-7,13-15H2,1H3,(H,28,30)/t22-/m0/s1. The Morgan fingerprint density at radius 1 is 1.16 bits per heavy atom. The van der Waals surface area contributed by atoms with Gasteiger partial charge in [-0.15, -0.1) is 0 Å². The molecule has 1 aliphatic heterocycles. The van der Waals surface area contributed by atoms with Gasteiger partial charge in [-0.25, -0.2) is 0 Å². The Morgan fingerprint density at radius 3 is 2.75 bits per heavy atom. The fourth-order valence-corrected chi connectivity index (χ4v) is 4.88. The van der Waals surface area contributed by atoms with E-state index in [2.05, 4.69) is 10.3 Å². The number of pyridine rings is 1. The predicted octanol–water partition coefficient (Wildman–Crippen LogP) is 3.71. The number of carbonyl (C=O) groups excluding carboxylic acids is 2. The van der Waals surface area contributed by atoms with Gasteiger partial charge in [-0.1, -0.05) is 30.3 Å². The number of benzene rings is 1. The third-order valence-electron chi connectivity index (χ3n) is 6.53. The molecule has 32 heavy (non-hydrogen) atoms. The van der Waals surface area contributed by atoms with E-state index in [4.69, 9.17) is 4.42 Å². The van der Waals surface area contributed by atoms with Gasteiger partial charge in [0.2, 0.25) is 5.91 Å². The molecule has 0 saturated carbocycles. The molecule has 1 aromatic carbocycles. The topological polar surface area (TPSA) is 75.4 Å². The van der Waals surface area contributed by atoms with Gasteiger partial charge in [0.25, 0.3) is 5.91 Å². The van der Waals surface area contributed by atoms with Crippen LogP contribution in [0.2, 0.25) is 0 Å². The van der Waals surface area contributed by atoms with Crippen molar-refractivity contribution in [1.29, 1.82) is 0 Å². The van der Waals surface area contributed by atoms with E-state index in [0.717, 1.165) is 53.7 Å². The van der Waals surface area contributed by atoms with Crippen molar-refractivity contribution in [3.05, 3.63) is 77.0 Å². The van der Waals surface area contributed by atoms with Crippen molar-refractivity contribution in [3.8, 4) is 11.1 Å². The van der Waals surface area contributed by atoms with E-state index in [0.29, 0.717) is 30.8 Å². The highest BCUT2D eigenvalue weighted by molar-refractivity contribution is 6.00. The highest BCUT2D eigenvalue weighted by Gasteiger charge is 2.36. The third kappa shape index (κ3) is 3.81. The van der Waals surface area contributed by atoms with Crippen LogP contribution in [-0.4, -0.2) is 40.8 Å².